The van der Waals surface area contributed by atoms with Gasteiger partial charge in [0.05, 0.1) is 6.61 Å². The van der Waals surface area contributed by atoms with Crippen molar-refractivity contribution in [2.24, 2.45) is 0 Å². The quantitative estimate of drug-likeness (QED) is 0.796. The highest BCUT2D eigenvalue weighted by atomic mass is 19.1. The number of piperazine rings is 1. The average molecular weight is 281 g/mol. The van der Waals surface area contributed by atoms with Crippen LogP contribution in [-0.2, 0) is 11.3 Å². The van der Waals surface area contributed by atoms with Crippen LogP contribution in [0.15, 0.2) is 18.2 Å². The number of halogens is 1. The van der Waals surface area contributed by atoms with E-state index in [2.05, 4.69) is 22.2 Å². The number of methoxy groups -OCH3 is 1. The number of benzene rings is 1. The largest absolute Gasteiger partial charge is 0.383 e. The molecule has 1 aliphatic heterocycles. The van der Waals surface area contributed by atoms with Gasteiger partial charge in [-0.2, -0.15) is 0 Å². The third-order valence-corrected chi connectivity index (χ3v) is 3.68. The number of nitrogens with zero attached hydrogens (tertiary/aromatic N) is 2. The Morgan fingerprint density at radius 3 is 2.70 bits per heavy atom. The van der Waals surface area contributed by atoms with Gasteiger partial charge in [0.2, 0.25) is 0 Å². The fourth-order valence-corrected chi connectivity index (χ4v) is 2.45. The first-order valence-electron chi connectivity index (χ1n) is 7.12. The van der Waals surface area contributed by atoms with E-state index in [4.69, 9.17) is 4.74 Å². The van der Waals surface area contributed by atoms with Crippen LogP contribution >= 0.6 is 0 Å². The van der Waals surface area contributed by atoms with Crippen molar-refractivity contribution in [3.8, 4) is 0 Å². The summed E-state index contributed by atoms with van der Waals surface area (Å²) in [5, 5.41) is 3.29. The molecular weight excluding hydrogens is 257 g/mol. The van der Waals surface area contributed by atoms with E-state index in [0.717, 1.165) is 44.0 Å². The molecule has 0 unspecified atom stereocenters. The first-order chi connectivity index (χ1) is 9.70. The fraction of sp³-hybridized carbons (Fsp3) is 0.600. The van der Waals surface area contributed by atoms with Crippen LogP contribution in [0.5, 0.6) is 0 Å². The Hall–Kier alpha value is -1.17. The molecule has 0 saturated carbocycles. The summed E-state index contributed by atoms with van der Waals surface area (Å²) < 4.78 is 18.5. The number of hydrogen-bond acceptors (Lipinski definition) is 4. The van der Waals surface area contributed by atoms with E-state index in [1.165, 1.54) is 0 Å². The van der Waals surface area contributed by atoms with E-state index in [0.29, 0.717) is 13.2 Å². The van der Waals surface area contributed by atoms with Gasteiger partial charge < -0.3 is 19.9 Å². The van der Waals surface area contributed by atoms with Gasteiger partial charge in [0.15, 0.2) is 0 Å². The number of nitrogens with one attached hydrogen (secondary N) is 1. The van der Waals surface area contributed by atoms with Crippen LogP contribution in [0.1, 0.15) is 5.56 Å². The molecule has 5 heteroatoms. The Morgan fingerprint density at radius 2 is 2.00 bits per heavy atom. The molecule has 0 atom stereocenters. The zero-order valence-corrected chi connectivity index (χ0v) is 12.4. The van der Waals surface area contributed by atoms with Gasteiger partial charge >= 0.3 is 0 Å². The first kappa shape index (κ1) is 15.2. The normalized spacial score (nSPS) is 16.6. The van der Waals surface area contributed by atoms with Crippen LogP contribution in [0, 0.1) is 5.82 Å². The molecule has 0 spiro atoms. The maximum Gasteiger partial charge on any atom is 0.123 e. The minimum absolute atomic E-state index is 0.175. The second kappa shape index (κ2) is 7.57. The summed E-state index contributed by atoms with van der Waals surface area (Å²) in [6.07, 6.45) is 0. The van der Waals surface area contributed by atoms with Crippen LogP contribution in [0.25, 0.3) is 0 Å². The molecule has 1 aromatic rings. The van der Waals surface area contributed by atoms with E-state index in [-0.39, 0.29) is 5.82 Å². The van der Waals surface area contributed by atoms with Crippen LogP contribution in [-0.4, -0.2) is 58.4 Å². The molecule has 0 bridgehead atoms. The van der Waals surface area contributed by atoms with Crippen LogP contribution in [0.2, 0.25) is 0 Å². The van der Waals surface area contributed by atoms with Gasteiger partial charge in [0.1, 0.15) is 5.82 Å². The number of rotatable bonds is 6. The molecule has 0 aromatic heterocycles. The summed E-state index contributed by atoms with van der Waals surface area (Å²) in [7, 11) is 3.81. The number of likely N-dealkylation sites (N-methyl/N-ethyl adjacent to an activating group) is 1. The van der Waals surface area contributed by atoms with Crippen molar-refractivity contribution in [3.05, 3.63) is 29.6 Å². The highest BCUT2D eigenvalue weighted by Gasteiger charge is 2.17. The average Bonchev–Trinajstić information content (AvgIpc) is 2.45. The minimum Gasteiger partial charge on any atom is -0.383 e. The lowest BCUT2D eigenvalue weighted by molar-refractivity contribution is 0.199. The predicted octanol–water partition coefficient (Wildman–Crippen LogP) is 1.31. The van der Waals surface area contributed by atoms with E-state index >= 15 is 0 Å². The van der Waals surface area contributed by atoms with Gasteiger partial charge in [-0.25, -0.2) is 4.39 Å². The maximum absolute atomic E-state index is 13.5. The fourth-order valence-electron chi connectivity index (χ4n) is 2.45. The molecule has 0 aliphatic carbocycles. The molecule has 2 rings (SSSR count). The monoisotopic (exact) mass is 281 g/mol. The van der Waals surface area contributed by atoms with Crippen molar-refractivity contribution in [1.29, 1.82) is 0 Å². The topological polar surface area (TPSA) is 27.7 Å². The summed E-state index contributed by atoms with van der Waals surface area (Å²) in [4.78, 5) is 4.66. The molecule has 1 aromatic carbocycles. The highest BCUT2D eigenvalue weighted by molar-refractivity contribution is 5.54. The van der Waals surface area contributed by atoms with Crippen molar-refractivity contribution in [3.63, 3.8) is 0 Å². The van der Waals surface area contributed by atoms with Crippen molar-refractivity contribution < 1.29 is 9.13 Å². The first-order valence-corrected chi connectivity index (χ1v) is 7.12. The van der Waals surface area contributed by atoms with Crippen LogP contribution in [0.4, 0.5) is 10.1 Å². The molecular formula is C15H24FN3O. The number of anilines is 1. The summed E-state index contributed by atoms with van der Waals surface area (Å²) in [6.45, 7) is 6.19. The SMILES string of the molecule is COCCNCc1cc(F)ccc1N1CCN(C)CC1. The molecule has 1 heterocycles. The summed E-state index contributed by atoms with van der Waals surface area (Å²) in [5.74, 6) is -0.175. The molecule has 4 nitrogen and oxygen atoms in total. The third kappa shape index (κ3) is 4.16. The van der Waals surface area contributed by atoms with Crippen molar-refractivity contribution in [2.75, 3.05) is 58.4 Å². The van der Waals surface area contributed by atoms with E-state index in [1.807, 2.05) is 6.07 Å². The lowest BCUT2D eigenvalue weighted by Gasteiger charge is -2.35. The summed E-state index contributed by atoms with van der Waals surface area (Å²) in [5.41, 5.74) is 2.16. The predicted molar refractivity (Wildman–Crippen MR) is 79.7 cm³/mol. The Kier molecular flexibility index (Phi) is 5.76. The molecule has 1 fully saturated rings. The number of ether oxygens (including phenoxy) is 1. The van der Waals surface area contributed by atoms with Gasteiger partial charge in [-0.3, -0.25) is 0 Å². The van der Waals surface area contributed by atoms with E-state index in [1.54, 1.807) is 19.2 Å². The Bertz CT molecular complexity index is 420. The van der Waals surface area contributed by atoms with E-state index in [9.17, 15) is 4.39 Å². The van der Waals surface area contributed by atoms with Crippen molar-refractivity contribution in [1.82, 2.24) is 10.2 Å². The van der Waals surface area contributed by atoms with Gasteiger partial charge in [-0.15, -0.1) is 0 Å². The summed E-state index contributed by atoms with van der Waals surface area (Å²) in [6, 6.07) is 5.08. The maximum atomic E-state index is 13.5. The van der Waals surface area contributed by atoms with Crippen molar-refractivity contribution >= 4 is 5.69 Å². The minimum atomic E-state index is -0.175. The van der Waals surface area contributed by atoms with Crippen molar-refractivity contribution in [2.45, 2.75) is 6.54 Å². The lowest BCUT2D eigenvalue weighted by atomic mass is 10.1. The lowest BCUT2D eigenvalue weighted by Crippen LogP contribution is -2.45. The molecule has 112 valence electrons. The Morgan fingerprint density at radius 1 is 1.25 bits per heavy atom. The standard InChI is InChI=1S/C15H24FN3O/c1-18-6-8-19(9-7-18)15-4-3-14(16)11-13(15)12-17-5-10-20-2/h3-4,11,17H,5-10,12H2,1-2H3. The van der Waals surface area contributed by atoms with Gasteiger partial charge in [-0.1, -0.05) is 0 Å². The highest BCUT2D eigenvalue weighted by Crippen LogP contribution is 2.23. The zero-order chi connectivity index (χ0) is 14.4. The van der Waals surface area contributed by atoms with Gasteiger partial charge in [-0.05, 0) is 30.8 Å². The molecule has 1 N–H and O–H groups in total. The molecule has 0 radical (unpaired) electrons. The molecule has 1 saturated heterocycles. The van der Waals surface area contributed by atoms with Crippen LogP contribution in [0.3, 0.4) is 0 Å². The summed E-state index contributed by atoms with van der Waals surface area (Å²) >= 11 is 0. The second-order valence-electron chi connectivity index (χ2n) is 5.23. The smallest absolute Gasteiger partial charge is 0.123 e. The van der Waals surface area contributed by atoms with Gasteiger partial charge in [0.25, 0.3) is 0 Å². The van der Waals surface area contributed by atoms with Gasteiger partial charge in [0, 0.05) is 52.1 Å². The van der Waals surface area contributed by atoms with E-state index < -0.39 is 0 Å². The third-order valence-electron chi connectivity index (χ3n) is 3.68. The Labute approximate surface area is 120 Å². The molecule has 20 heavy (non-hydrogen) atoms. The molecule has 1 aliphatic rings. The second-order valence-corrected chi connectivity index (χ2v) is 5.23. The zero-order valence-electron chi connectivity index (χ0n) is 12.4. The Balaban J connectivity index is 2.03. The van der Waals surface area contributed by atoms with Crippen LogP contribution < -0.4 is 10.2 Å². The molecule has 0 amide bonds. The number of hydrogen-bond donors (Lipinski definition) is 1.